The van der Waals surface area contributed by atoms with Crippen molar-refractivity contribution in [3.05, 3.63) is 23.5 Å². The van der Waals surface area contributed by atoms with Gasteiger partial charge in [-0.05, 0) is 43.5 Å². The van der Waals surface area contributed by atoms with Crippen LogP contribution in [-0.4, -0.2) is 29.1 Å². The van der Waals surface area contributed by atoms with Crippen LogP contribution in [0.5, 0.6) is 0 Å². The third kappa shape index (κ3) is 1.65. The lowest BCUT2D eigenvalue weighted by molar-refractivity contribution is 0.0689. The Morgan fingerprint density at radius 2 is 2.14 bits per heavy atom. The second kappa shape index (κ2) is 3.84. The summed E-state index contributed by atoms with van der Waals surface area (Å²) in [5.41, 5.74) is 1.32. The van der Waals surface area contributed by atoms with Gasteiger partial charge in [-0.1, -0.05) is 0 Å². The first kappa shape index (κ1) is 9.27. The highest BCUT2D eigenvalue weighted by Gasteiger charge is 2.21. The van der Waals surface area contributed by atoms with E-state index >= 15 is 0 Å². The number of hydrogen-bond donors (Lipinski definition) is 3. The summed E-state index contributed by atoms with van der Waals surface area (Å²) in [6.45, 7) is 1.96. The molecular weight excluding hydrogens is 180 g/mol. The maximum atomic E-state index is 10.9. The van der Waals surface area contributed by atoms with Gasteiger partial charge in [0.1, 0.15) is 5.69 Å². The molecule has 1 aliphatic heterocycles. The van der Waals surface area contributed by atoms with Crippen LogP contribution in [0.4, 0.5) is 0 Å². The topological polar surface area (TPSA) is 65.1 Å². The summed E-state index contributed by atoms with van der Waals surface area (Å²) in [7, 11) is 0. The van der Waals surface area contributed by atoms with E-state index in [1.807, 2.05) is 6.07 Å². The minimum Gasteiger partial charge on any atom is -0.477 e. The van der Waals surface area contributed by atoms with Crippen molar-refractivity contribution < 1.29 is 9.90 Å². The second-order valence-electron chi connectivity index (χ2n) is 3.64. The van der Waals surface area contributed by atoms with Crippen molar-refractivity contribution >= 4 is 5.97 Å². The predicted molar refractivity (Wildman–Crippen MR) is 52.6 cm³/mol. The Morgan fingerprint density at radius 3 is 2.79 bits per heavy atom. The number of aromatic carboxylic acids is 1. The van der Waals surface area contributed by atoms with Gasteiger partial charge in [-0.15, -0.1) is 0 Å². The molecule has 1 saturated heterocycles. The van der Waals surface area contributed by atoms with Gasteiger partial charge in [0.25, 0.3) is 0 Å². The molecule has 4 heteroatoms. The van der Waals surface area contributed by atoms with Gasteiger partial charge >= 0.3 is 5.97 Å². The fourth-order valence-corrected chi connectivity index (χ4v) is 2.04. The number of hydrogen-bond acceptors (Lipinski definition) is 2. The first-order valence-corrected chi connectivity index (χ1v) is 4.90. The first-order chi connectivity index (χ1) is 6.79. The Labute approximate surface area is 82.3 Å². The maximum Gasteiger partial charge on any atom is 0.352 e. The third-order valence-electron chi connectivity index (χ3n) is 2.77. The molecule has 0 bridgehead atoms. The second-order valence-corrected chi connectivity index (χ2v) is 3.64. The number of aromatic nitrogens is 1. The molecule has 4 nitrogen and oxygen atoms in total. The van der Waals surface area contributed by atoms with Crippen LogP contribution in [0.25, 0.3) is 0 Å². The Morgan fingerprint density at radius 1 is 1.43 bits per heavy atom. The van der Waals surface area contributed by atoms with E-state index in [9.17, 15) is 4.79 Å². The molecule has 0 amide bonds. The molecule has 0 aromatic carbocycles. The summed E-state index contributed by atoms with van der Waals surface area (Å²) in [6, 6.07) is 1.89. The molecule has 0 aliphatic carbocycles. The van der Waals surface area contributed by atoms with E-state index in [2.05, 4.69) is 10.3 Å². The van der Waals surface area contributed by atoms with Crippen molar-refractivity contribution in [1.29, 1.82) is 0 Å². The zero-order valence-electron chi connectivity index (χ0n) is 7.92. The first-order valence-electron chi connectivity index (χ1n) is 4.90. The summed E-state index contributed by atoms with van der Waals surface area (Å²) >= 11 is 0. The lowest BCUT2D eigenvalue weighted by Gasteiger charge is -2.22. The van der Waals surface area contributed by atoms with Gasteiger partial charge in [0.05, 0.1) is 0 Å². The molecule has 0 saturated carbocycles. The number of nitrogens with one attached hydrogen (secondary N) is 2. The van der Waals surface area contributed by atoms with E-state index in [0.29, 0.717) is 11.6 Å². The summed E-state index contributed by atoms with van der Waals surface area (Å²) in [6.07, 6.45) is 3.76. The van der Waals surface area contributed by atoms with E-state index in [1.54, 1.807) is 6.20 Å². The Balaban J connectivity index is 2.21. The van der Waals surface area contributed by atoms with Crippen molar-refractivity contribution in [2.75, 3.05) is 13.1 Å². The zero-order valence-corrected chi connectivity index (χ0v) is 7.92. The van der Waals surface area contributed by atoms with Gasteiger partial charge in [-0.3, -0.25) is 0 Å². The van der Waals surface area contributed by atoms with Crippen LogP contribution in [0.2, 0.25) is 0 Å². The number of rotatable bonds is 2. The van der Waals surface area contributed by atoms with E-state index in [0.717, 1.165) is 31.5 Å². The number of aromatic amines is 1. The minimum atomic E-state index is -0.858. The van der Waals surface area contributed by atoms with Crippen molar-refractivity contribution in [1.82, 2.24) is 10.3 Å². The van der Waals surface area contributed by atoms with Crippen molar-refractivity contribution in [3.8, 4) is 0 Å². The predicted octanol–water partition coefficient (Wildman–Crippen LogP) is 1.18. The quantitative estimate of drug-likeness (QED) is 0.662. The third-order valence-corrected chi connectivity index (χ3v) is 2.77. The fraction of sp³-hybridized carbons (Fsp3) is 0.500. The van der Waals surface area contributed by atoms with E-state index in [1.165, 1.54) is 0 Å². The number of carboxylic acids is 1. The standard InChI is InChI=1S/C10H14N2O2/c13-10(14)9-8(3-6-12-9)7-1-4-11-5-2-7/h3,6-7,11-12H,1-2,4-5H2,(H,13,14). The monoisotopic (exact) mass is 194 g/mol. The van der Waals surface area contributed by atoms with E-state index in [-0.39, 0.29) is 0 Å². The molecule has 0 spiro atoms. The largest absolute Gasteiger partial charge is 0.477 e. The van der Waals surface area contributed by atoms with Gasteiger partial charge in [-0.25, -0.2) is 4.79 Å². The van der Waals surface area contributed by atoms with Crippen molar-refractivity contribution in [3.63, 3.8) is 0 Å². The summed E-state index contributed by atoms with van der Waals surface area (Å²) in [5, 5.41) is 12.2. The lowest BCUT2D eigenvalue weighted by Crippen LogP contribution is -2.27. The molecule has 0 atom stereocenters. The Bertz CT molecular complexity index is 327. The highest BCUT2D eigenvalue weighted by molar-refractivity contribution is 5.87. The van der Waals surface area contributed by atoms with Crippen LogP contribution in [-0.2, 0) is 0 Å². The van der Waals surface area contributed by atoms with Crippen LogP contribution in [0.15, 0.2) is 12.3 Å². The fourth-order valence-electron chi connectivity index (χ4n) is 2.04. The molecule has 1 aliphatic rings. The maximum absolute atomic E-state index is 10.9. The van der Waals surface area contributed by atoms with E-state index < -0.39 is 5.97 Å². The normalized spacial score (nSPS) is 18.3. The van der Waals surface area contributed by atoms with Crippen LogP contribution < -0.4 is 5.32 Å². The molecule has 1 fully saturated rings. The van der Waals surface area contributed by atoms with Gasteiger partial charge in [0.2, 0.25) is 0 Å². The highest BCUT2D eigenvalue weighted by atomic mass is 16.4. The van der Waals surface area contributed by atoms with Crippen LogP contribution in [0, 0.1) is 0 Å². The van der Waals surface area contributed by atoms with Gasteiger partial charge in [0.15, 0.2) is 0 Å². The molecule has 0 radical (unpaired) electrons. The minimum absolute atomic E-state index is 0.358. The number of piperidine rings is 1. The molecule has 14 heavy (non-hydrogen) atoms. The Hall–Kier alpha value is -1.29. The molecular formula is C10H14N2O2. The molecule has 0 unspecified atom stereocenters. The summed E-state index contributed by atoms with van der Waals surface area (Å²) in [4.78, 5) is 13.7. The number of carbonyl (C=O) groups is 1. The number of carboxylic acid groups (broad SMARTS) is 1. The lowest BCUT2D eigenvalue weighted by atomic mass is 9.90. The Kier molecular flexibility index (Phi) is 2.54. The highest BCUT2D eigenvalue weighted by Crippen LogP contribution is 2.27. The van der Waals surface area contributed by atoms with Gasteiger partial charge in [-0.2, -0.15) is 0 Å². The number of H-pyrrole nitrogens is 1. The van der Waals surface area contributed by atoms with Crippen LogP contribution in [0.3, 0.4) is 0 Å². The molecule has 3 N–H and O–H groups in total. The SMILES string of the molecule is O=C(O)c1[nH]ccc1C1CCNCC1. The average molecular weight is 194 g/mol. The molecule has 76 valence electrons. The smallest absolute Gasteiger partial charge is 0.352 e. The van der Waals surface area contributed by atoms with Crippen LogP contribution in [0.1, 0.15) is 34.8 Å². The van der Waals surface area contributed by atoms with Crippen molar-refractivity contribution in [2.45, 2.75) is 18.8 Å². The zero-order chi connectivity index (χ0) is 9.97. The van der Waals surface area contributed by atoms with Gasteiger partial charge < -0.3 is 15.4 Å². The van der Waals surface area contributed by atoms with Crippen LogP contribution >= 0.6 is 0 Å². The molecule has 1 aromatic heterocycles. The summed E-state index contributed by atoms with van der Waals surface area (Å²) < 4.78 is 0. The molecule has 2 heterocycles. The average Bonchev–Trinajstić information content (AvgIpc) is 2.67. The van der Waals surface area contributed by atoms with E-state index in [4.69, 9.17) is 5.11 Å². The molecule has 1 aromatic rings. The van der Waals surface area contributed by atoms with Crippen molar-refractivity contribution in [2.24, 2.45) is 0 Å². The molecule has 2 rings (SSSR count). The van der Waals surface area contributed by atoms with Gasteiger partial charge in [0, 0.05) is 6.20 Å². The summed E-state index contributed by atoms with van der Waals surface area (Å²) in [5.74, 6) is -0.461.